The second-order valence-electron chi connectivity index (χ2n) is 5.80. The van der Waals surface area contributed by atoms with Crippen LogP contribution in [0.3, 0.4) is 0 Å². The van der Waals surface area contributed by atoms with Crippen LogP contribution in [0.4, 0.5) is 0 Å². The highest BCUT2D eigenvalue weighted by atomic mass is 16.2. The predicted octanol–water partition coefficient (Wildman–Crippen LogP) is 0.573. The Bertz CT molecular complexity index is 268. The average Bonchev–Trinajstić information content (AvgIpc) is 2.77. The molecule has 4 heteroatoms. The summed E-state index contributed by atoms with van der Waals surface area (Å²) in [5, 5.41) is 3.06. The normalized spacial score (nSPS) is 33.4. The molecule has 1 aliphatic heterocycles. The number of nitrogens with one attached hydrogen (secondary N) is 1. The zero-order valence-corrected chi connectivity index (χ0v) is 10.9. The molecule has 1 saturated heterocycles. The Morgan fingerprint density at radius 1 is 1.41 bits per heavy atom. The van der Waals surface area contributed by atoms with Crippen molar-refractivity contribution in [3.05, 3.63) is 0 Å². The minimum atomic E-state index is -0.246. The Kier molecular flexibility index (Phi) is 4.05. The lowest BCUT2D eigenvalue weighted by atomic mass is 9.62. The van der Waals surface area contributed by atoms with E-state index in [0.717, 1.165) is 25.9 Å². The van der Waals surface area contributed by atoms with Crippen LogP contribution in [0.5, 0.6) is 0 Å². The number of likely N-dealkylation sites (tertiary alicyclic amines) is 1. The van der Waals surface area contributed by atoms with Crippen molar-refractivity contribution < 1.29 is 4.79 Å². The van der Waals surface area contributed by atoms with Crippen molar-refractivity contribution >= 4 is 5.91 Å². The maximum atomic E-state index is 12.1. The van der Waals surface area contributed by atoms with E-state index in [1.54, 1.807) is 0 Å². The number of carbonyl (C=O) groups excluding carboxylic acids is 1. The highest BCUT2D eigenvalue weighted by molar-refractivity contribution is 5.83. The fourth-order valence-electron chi connectivity index (χ4n) is 3.24. The van der Waals surface area contributed by atoms with E-state index in [1.807, 2.05) is 0 Å². The second-order valence-corrected chi connectivity index (χ2v) is 5.80. The van der Waals surface area contributed by atoms with E-state index < -0.39 is 0 Å². The average molecular weight is 239 g/mol. The van der Waals surface area contributed by atoms with Crippen LogP contribution in [0.1, 0.15) is 32.6 Å². The van der Waals surface area contributed by atoms with E-state index >= 15 is 0 Å². The number of rotatable bonds is 5. The highest BCUT2D eigenvalue weighted by Gasteiger charge is 2.46. The quantitative estimate of drug-likeness (QED) is 0.737. The summed E-state index contributed by atoms with van der Waals surface area (Å²) in [4.78, 5) is 14.5. The van der Waals surface area contributed by atoms with Gasteiger partial charge in [-0.2, -0.15) is 0 Å². The number of amides is 1. The summed E-state index contributed by atoms with van der Waals surface area (Å²) in [6.07, 6.45) is 4.52. The van der Waals surface area contributed by atoms with E-state index in [9.17, 15) is 4.79 Å². The van der Waals surface area contributed by atoms with Crippen molar-refractivity contribution in [3.8, 4) is 0 Å². The molecule has 1 heterocycles. The molecule has 98 valence electrons. The first kappa shape index (κ1) is 12.8. The lowest BCUT2D eigenvalue weighted by molar-refractivity contribution is -0.138. The summed E-state index contributed by atoms with van der Waals surface area (Å²) in [6, 6.07) is 0. The van der Waals surface area contributed by atoms with Crippen LogP contribution in [-0.2, 0) is 4.79 Å². The van der Waals surface area contributed by atoms with Crippen LogP contribution in [0.15, 0.2) is 0 Å². The van der Waals surface area contributed by atoms with Gasteiger partial charge in [-0.25, -0.2) is 0 Å². The minimum Gasteiger partial charge on any atom is -0.354 e. The fraction of sp³-hybridized carbons (Fsp3) is 0.923. The Labute approximate surface area is 104 Å². The van der Waals surface area contributed by atoms with Crippen LogP contribution in [-0.4, -0.2) is 43.5 Å². The number of carbonyl (C=O) groups is 1. The van der Waals surface area contributed by atoms with Gasteiger partial charge < -0.3 is 16.0 Å². The molecule has 17 heavy (non-hydrogen) atoms. The summed E-state index contributed by atoms with van der Waals surface area (Å²) in [7, 11) is 0. The largest absolute Gasteiger partial charge is 0.354 e. The minimum absolute atomic E-state index is 0.178. The number of nitrogens with two attached hydrogens (primary N) is 1. The van der Waals surface area contributed by atoms with Gasteiger partial charge in [0.2, 0.25) is 5.91 Å². The zero-order valence-electron chi connectivity index (χ0n) is 10.9. The predicted molar refractivity (Wildman–Crippen MR) is 68.6 cm³/mol. The van der Waals surface area contributed by atoms with Gasteiger partial charge in [-0.05, 0) is 44.7 Å². The molecule has 0 aromatic heterocycles. The molecular weight excluding hydrogens is 214 g/mol. The van der Waals surface area contributed by atoms with Crippen LogP contribution in [0, 0.1) is 11.3 Å². The van der Waals surface area contributed by atoms with Crippen LogP contribution in [0.25, 0.3) is 0 Å². The maximum Gasteiger partial charge on any atom is 0.227 e. The van der Waals surface area contributed by atoms with Crippen molar-refractivity contribution in [2.24, 2.45) is 17.1 Å². The molecule has 0 aromatic carbocycles. The highest BCUT2D eigenvalue weighted by Crippen LogP contribution is 2.44. The van der Waals surface area contributed by atoms with Gasteiger partial charge >= 0.3 is 0 Å². The first-order valence-corrected chi connectivity index (χ1v) is 6.87. The first-order chi connectivity index (χ1) is 8.16. The Balaban J connectivity index is 1.69. The van der Waals surface area contributed by atoms with Gasteiger partial charge in [-0.1, -0.05) is 6.92 Å². The SMILES string of the molecule is CC1CC(CN)(C(=O)NCCN2CCCC2)C1. The van der Waals surface area contributed by atoms with Gasteiger partial charge in [-0.15, -0.1) is 0 Å². The monoisotopic (exact) mass is 239 g/mol. The molecule has 0 spiro atoms. The molecule has 2 aliphatic rings. The summed E-state index contributed by atoms with van der Waals surface area (Å²) in [5.74, 6) is 0.833. The molecular formula is C13H25N3O. The number of hydrogen-bond acceptors (Lipinski definition) is 3. The third kappa shape index (κ3) is 2.80. The van der Waals surface area contributed by atoms with Crippen molar-refractivity contribution in [2.75, 3.05) is 32.7 Å². The van der Waals surface area contributed by atoms with Crippen molar-refractivity contribution in [1.29, 1.82) is 0 Å². The molecule has 0 aromatic rings. The first-order valence-electron chi connectivity index (χ1n) is 6.87. The second kappa shape index (κ2) is 5.36. The van der Waals surface area contributed by atoms with E-state index in [-0.39, 0.29) is 11.3 Å². The smallest absolute Gasteiger partial charge is 0.227 e. The molecule has 3 N–H and O–H groups in total. The Morgan fingerprint density at radius 3 is 2.59 bits per heavy atom. The summed E-state index contributed by atoms with van der Waals surface area (Å²) in [5.41, 5.74) is 5.51. The van der Waals surface area contributed by atoms with Crippen LogP contribution in [0.2, 0.25) is 0 Å². The third-order valence-corrected chi connectivity index (χ3v) is 4.26. The summed E-state index contributed by atoms with van der Waals surface area (Å²) < 4.78 is 0. The molecule has 1 amide bonds. The molecule has 2 rings (SSSR count). The summed E-state index contributed by atoms with van der Waals surface area (Å²) >= 11 is 0. The van der Waals surface area contributed by atoms with E-state index in [4.69, 9.17) is 5.73 Å². The van der Waals surface area contributed by atoms with E-state index in [0.29, 0.717) is 12.5 Å². The molecule has 0 atom stereocenters. The topological polar surface area (TPSA) is 58.4 Å². The van der Waals surface area contributed by atoms with Crippen molar-refractivity contribution in [1.82, 2.24) is 10.2 Å². The molecule has 0 radical (unpaired) electrons. The van der Waals surface area contributed by atoms with Crippen molar-refractivity contribution in [2.45, 2.75) is 32.6 Å². The van der Waals surface area contributed by atoms with Gasteiger partial charge in [0.25, 0.3) is 0 Å². The van der Waals surface area contributed by atoms with E-state index in [2.05, 4.69) is 17.1 Å². The van der Waals surface area contributed by atoms with E-state index in [1.165, 1.54) is 25.9 Å². The molecule has 1 saturated carbocycles. The molecule has 4 nitrogen and oxygen atoms in total. The van der Waals surface area contributed by atoms with Gasteiger partial charge in [0.1, 0.15) is 0 Å². The Morgan fingerprint density at radius 2 is 2.06 bits per heavy atom. The van der Waals surface area contributed by atoms with Gasteiger partial charge in [-0.3, -0.25) is 4.79 Å². The fourth-order valence-corrected chi connectivity index (χ4v) is 3.24. The van der Waals surface area contributed by atoms with Crippen LogP contribution >= 0.6 is 0 Å². The van der Waals surface area contributed by atoms with Gasteiger partial charge in [0.15, 0.2) is 0 Å². The third-order valence-electron chi connectivity index (χ3n) is 4.26. The zero-order chi connectivity index (χ0) is 12.3. The van der Waals surface area contributed by atoms with Gasteiger partial charge in [0.05, 0.1) is 5.41 Å². The lowest BCUT2D eigenvalue weighted by Crippen LogP contribution is -2.54. The molecule has 2 fully saturated rings. The number of nitrogens with zero attached hydrogens (tertiary/aromatic N) is 1. The summed E-state index contributed by atoms with van der Waals surface area (Å²) in [6.45, 7) is 6.82. The Hall–Kier alpha value is -0.610. The molecule has 0 bridgehead atoms. The van der Waals surface area contributed by atoms with Gasteiger partial charge in [0, 0.05) is 19.6 Å². The molecule has 1 aliphatic carbocycles. The number of hydrogen-bond donors (Lipinski definition) is 2. The van der Waals surface area contributed by atoms with Crippen LogP contribution < -0.4 is 11.1 Å². The maximum absolute atomic E-state index is 12.1. The van der Waals surface area contributed by atoms with Crippen molar-refractivity contribution in [3.63, 3.8) is 0 Å². The standard InChI is InChI=1S/C13H25N3O/c1-11-8-13(9-11,10-14)12(17)15-4-7-16-5-2-3-6-16/h11H,2-10,14H2,1H3,(H,15,17). The molecule has 0 unspecified atom stereocenters. The lowest BCUT2D eigenvalue weighted by Gasteiger charge is -2.44.